The topological polar surface area (TPSA) is 91.4 Å². The van der Waals surface area contributed by atoms with Gasteiger partial charge in [-0.25, -0.2) is 0 Å². The van der Waals surface area contributed by atoms with Gasteiger partial charge in [0.25, 0.3) is 5.91 Å². The summed E-state index contributed by atoms with van der Waals surface area (Å²) >= 11 is 0. The maximum Gasteiger partial charge on any atom is 0.291 e. The summed E-state index contributed by atoms with van der Waals surface area (Å²) in [6.07, 6.45) is 1.54. The summed E-state index contributed by atoms with van der Waals surface area (Å²) in [6.45, 7) is 3.93. The standard InChI is InChI=1S/C27H25NO7/c1-14-9-15(2)24-18(10-14)23(29)21-22(16-11-19(31-3)25(33-5)20(12-16)32-4)28(27(30)26(21)35-24)13-17-7-6-8-34-17/h6-12,22H,13H2,1-5H3. The molecule has 1 aliphatic heterocycles. The Morgan fingerprint density at radius 2 is 1.69 bits per heavy atom. The molecule has 0 bridgehead atoms. The molecule has 0 aliphatic carbocycles. The minimum absolute atomic E-state index is 0.0276. The summed E-state index contributed by atoms with van der Waals surface area (Å²) in [5.74, 6) is 1.45. The fourth-order valence-corrected chi connectivity index (χ4v) is 4.81. The summed E-state index contributed by atoms with van der Waals surface area (Å²) in [6, 6.07) is 9.99. The van der Waals surface area contributed by atoms with Gasteiger partial charge in [-0.3, -0.25) is 9.59 Å². The van der Waals surface area contributed by atoms with Crippen LogP contribution in [0.1, 0.15) is 44.6 Å². The second-order valence-electron chi connectivity index (χ2n) is 8.51. The van der Waals surface area contributed by atoms with E-state index < -0.39 is 11.9 Å². The Kier molecular flexibility index (Phi) is 5.51. The van der Waals surface area contributed by atoms with Crippen LogP contribution in [0.15, 0.2) is 56.3 Å². The van der Waals surface area contributed by atoms with Crippen LogP contribution in [0.25, 0.3) is 11.0 Å². The number of hydrogen-bond acceptors (Lipinski definition) is 7. The van der Waals surface area contributed by atoms with Crippen molar-refractivity contribution in [2.24, 2.45) is 0 Å². The van der Waals surface area contributed by atoms with Crippen LogP contribution < -0.4 is 19.6 Å². The zero-order chi connectivity index (χ0) is 24.9. The number of carbonyl (C=O) groups is 1. The van der Waals surface area contributed by atoms with Crippen LogP contribution in [0.2, 0.25) is 0 Å². The molecule has 180 valence electrons. The van der Waals surface area contributed by atoms with Crippen molar-refractivity contribution in [3.05, 3.63) is 86.7 Å². The summed E-state index contributed by atoms with van der Waals surface area (Å²) in [7, 11) is 4.55. The van der Waals surface area contributed by atoms with E-state index >= 15 is 0 Å². The molecule has 0 saturated carbocycles. The first-order valence-electron chi connectivity index (χ1n) is 11.1. The second-order valence-corrected chi connectivity index (χ2v) is 8.51. The molecular formula is C27H25NO7. The lowest BCUT2D eigenvalue weighted by molar-refractivity contribution is 0.0701. The number of furan rings is 1. The average molecular weight is 475 g/mol. The van der Waals surface area contributed by atoms with Gasteiger partial charge < -0.3 is 27.9 Å². The highest BCUT2D eigenvalue weighted by Gasteiger charge is 2.44. The van der Waals surface area contributed by atoms with Crippen LogP contribution >= 0.6 is 0 Å². The SMILES string of the molecule is COc1cc(C2c3c(oc4c(C)cc(C)cc4c3=O)C(=O)N2Cc2ccco2)cc(OC)c1OC. The highest BCUT2D eigenvalue weighted by molar-refractivity contribution is 5.99. The van der Waals surface area contributed by atoms with Crippen LogP contribution in [0.3, 0.4) is 0 Å². The molecule has 0 spiro atoms. The maximum absolute atomic E-state index is 13.9. The lowest BCUT2D eigenvalue weighted by Gasteiger charge is -2.25. The third-order valence-electron chi connectivity index (χ3n) is 6.31. The number of carbonyl (C=O) groups excluding carboxylic acids is 1. The molecule has 35 heavy (non-hydrogen) atoms. The molecule has 2 aromatic carbocycles. The molecule has 8 nitrogen and oxygen atoms in total. The molecule has 1 atom stereocenters. The summed E-state index contributed by atoms with van der Waals surface area (Å²) < 4.78 is 28.2. The van der Waals surface area contributed by atoms with Crippen molar-refractivity contribution in [1.29, 1.82) is 0 Å². The number of methoxy groups -OCH3 is 3. The molecular weight excluding hydrogens is 450 g/mol. The highest BCUT2D eigenvalue weighted by atomic mass is 16.5. The lowest BCUT2D eigenvalue weighted by Crippen LogP contribution is -2.29. The van der Waals surface area contributed by atoms with Crippen LogP contribution in [-0.4, -0.2) is 32.1 Å². The largest absolute Gasteiger partial charge is 0.493 e. The van der Waals surface area contributed by atoms with E-state index in [4.69, 9.17) is 23.0 Å². The third-order valence-corrected chi connectivity index (χ3v) is 6.31. The quantitative estimate of drug-likeness (QED) is 0.397. The van der Waals surface area contributed by atoms with Crippen molar-refractivity contribution in [3.8, 4) is 17.2 Å². The van der Waals surface area contributed by atoms with Gasteiger partial charge in [0.1, 0.15) is 11.3 Å². The number of rotatable bonds is 6. The van der Waals surface area contributed by atoms with E-state index in [1.807, 2.05) is 19.9 Å². The van der Waals surface area contributed by atoms with Crippen molar-refractivity contribution < 1.29 is 27.8 Å². The predicted molar refractivity (Wildman–Crippen MR) is 128 cm³/mol. The van der Waals surface area contributed by atoms with E-state index in [1.165, 1.54) is 21.3 Å². The van der Waals surface area contributed by atoms with Crippen LogP contribution in [0.5, 0.6) is 17.2 Å². The van der Waals surface area contributed by atoms with Gasteiger partial charge in [-0.2, -0.15) is 0 Å². The lowest BCUT2D eigenvalue weighted by atomic mass is 9.96. The molecule has 0 N–H and O–H groups in total. The van der Waals surface area contributed by atoms with Crippen LogP contribution in [-0.2, 0) is 6.54 Å². The minimum Gasteiger partial charge on any atom is -0.493 e. The fraction of sp³-hybridized carbons (Fsp3) is 0.259. The van der Waals surface area contributed by atoms with E-state index in [9.17, 15) is 9.59 Å². The molecule has 0 saturated heterocycles. The normalized spacial score (nSPS) is 14.9. The Morgan fingerprint density at radius 3 is 2.29 bits per heavy atom. The number of amides is 1. The van der Waals surface area contributed by atoms with E-state index in [0.29, 0.717) is 39.5 Å². The third kappa shape index (κ3) is 3.53. The number of fused-ring (bicyclic) bond motifs is 2. The highest BCUT2D eigenvalue weighted by Crippen LogP contribution is 2.45. The molecule has 3 heterocycles. The summed E-state index contributed by atoms with van der Waals surface area (Å²) in [5, 5.41) is 0.436. The Labute approximate surface area is 201 Å². The number of hydrogen-bond donors (Lipinski definition) is 0. The van der Waals surface area contributed by atoms with E-state index in [-0.39, 0.29) is 23.3 Å². The second kappa shape index (κ2) is 8.54. The van der Waals surface area contributed by atoms with Gasteiger partial charge >= 0.3 is 0 Å². The zero-order valence-corrected chi connectivity index (χ0v) is 20.1. The number of nitrogens with zero attached hydrogens (tertiary/aromatic N) is 1. The van der Waals surface area contributed by atoms with Gasteiger partial charge in [-0.05, 0) is 60.9 Å². The molecule has 0 fully saturated rings. The van der Waals surface area contributed by atoms with Crippen molar-refractivity contribution in [2.75, 3.05) is 21.3 Å². The van der Waals surface area contributed by atoms with Gasteiger partial charge in [-0.15, -0.1) is 0 Å². The molecule has 8 heteroatoms. The number of aryl methyl sites for hydroxylation is 2. The van der Waals surface area contributed by atoms with E-state index in [0.717, 1.165) is 11.1 Å². The monoisotopic (exact) mass is 475 g/mol. The molecule has 1 aliphatic rings. The molecule has 2 aromatic heterocycles. The minimum atomic E-state index is -0.752. The van der Waals surface area contributed by atoms with Crippen LogP contribution in [0.4, 0.5) is 0 Å². The van der Waals surface area contributed by atoms with Gasteiger partial charge in [0.05, 0.1) is 51.1 Å². The van der Waals surface area contributed by atoms with Gasteiger partial charge in [-0.1, -0.05) is 6.07 Å². The number of ether oxygens (including phenoxy) is 3. The van der Waals surface area contributed by atoms with Crippen molar-refractivity contribution in [2.45, 2.75) is 26.4 Å². The first-order chi connectivity index (χ1) is 16.9. The van der Waals surface area contributed by atoms with Crippen molar-refractivity contribution >= 4 is 16.9 Å². The molecule has 4 aromatic rings. The number of benzene rings is 2. The zero-order valence-electron chi connectivity index (χ0n) is 20.1. The molecule has 1 unspecified atom stereocenters. The average Bonchev–Trinajstić information content (AvgIpc) is 3.46. The van der Waals surface area contributed by atoms with Crippen molar-refractivity contribution in [3.63, 3.8) is 0 Å². The Balaban J connectivity index is 1.80. The van der Waals surface area contributed by atoms with Gasteiger partial charge in [0.15, 0.2) is 16.9 Å². The summed E-state index contributed by atoms with van der Waals surface area (Å²) in [5.41, 5.74) is 2.78. The molecule has 5 rings (SSSR count). The van der Waals surface area contributed by atoms with Gasteiger partial charge in [0.2, 0.25) is 11.5 Å². The van der Waals surface area contributed by atoms with Crippen molar-refractivity contribution in [1.82, 2.24) is 4.90 Å². The maximum atomic E-state index is 13.9. The fourth-order valence-electron chi connectivity index (χ4n) is 4.81. The Hall–Kier alpha value is -4.20. The smallest absolute Gasteiger partial charge is 0.291 e. The molecule has 1 amide bonds. The van der Waals surface area contributed by atoms with E-state index in [1.54, 1.807) is 41.5 Å². The Morgan fingerprint density at radius 1 is 0.971 bits per heavy atom. The van der Waals surface area contributed by atoms with Crippen LogP contribution in [0, 0.1) is 13.8 Å². The summed E-state index contributed by atoms with van der Waals surface area (Å²) in [4.78, 5) is 29.1. The first-order valence-corrected chi connectivity index (χ1v) is 11.1. The predicted octanol–water partition coefficient (Wildman–Crippen LogP) is 4.77. The molecule has 0 radical (unpaired) electrons. The van der Waals surface area contributed by atoms with Gasteiger partial charge in [0, 0.05) is 0 Å². The Bertz CT molecular complexity index is 1480. The first kappa shape index (κ1) is 22.6. The van der Waals surface area contributed by atoms with E-state index in [2.05, 4.69) is 0 Å².